The van der Waals surface area contributed by atoms with E-state index in [4.69, 9.17) is 11.6 Å². The summed E-state index contributed by atoms with van der Waals surface area (Å²) in [5.41, 5.74) is 2.24. The van der Waals surface area contributed by atoms with Gasteiger partial charge in [0.1, 0.15) is 17.3 Å². The molecule has 1 N–H and O–H groups in total. The molecule has 3 rings (SSSR count). The zero-order valence-corrected chi connectivity index (χ0v) is 10.8. The fraction of sp³-hybridized carbons (Fsp3) is 0.0833. The van der Waals surface area contributed by atoms with E-state index in [0.717, 1.165) is 16.3 Å². The van der Waals surface area contributed by atoms with Crippen LogP contribution in [0.15, 0.2) is 34.8 Å². The predicted octanol–water partition coefficient (Wildman–Crippen LogP) is 2.59. The van der Waals surface area contributed by atoms with Crippen molar-refractivity contribution in [2.24, 2.45) is 4.99 Å². The highest BCUT2D eigenvalue weighted by molar-refractivity contribution is 7.11. The average molecular weight is 278 g/mol. The summed E-state index contributed by atoms with van der Waals surface area (Å²) in [7, 11) is 0. The van der Waals surface area contributed by atoms with Crippen molar-refractivity contribution in [1.82, 2.24) is 4.98 Å². The van der Waals surface area contributed by atoms with E-state index in [-0.39, 0.29) is 12.5 Å². The van der Waals surface area contributed by atoms with E-state index in [1.807, 2.05) is 5.38 Å². The van der Waals surface area contributed by atoms with Crippen molar-refractivity contribution >= 4 is 40.2 Å². The number of benzene rings is 1. The molecule has 0 spiro atoms. The lowest BCUT2D eigenvalue weighted by Crippen LogP contribution is -2.13. The van der Waals surface area contributed by atoms with Gasteiger partial charge in [0.15, 0.2) is 0 Å². The summed E-state index contributed by atoms with van der Waals surface area (Å²) in [5.74, 6) is -0.134. The average Bonchev–Trinajstić information content (AvgIpc) is 2.81. The van der Waals surface area contributed by atoms with Gasteiger partial charge in [0, 0.05) is 22.2 Å². The quantitative estimate of drug-likeness (QED) is 0.871. The van der Waals surface area contributed by atoms with Gasteiger partial charge in [-0.3, -0.25) is 9.79 Å². The second kappa shape index (κ2) is 4.51. The highest BCUT2D eigenvalue weighted by atomic mass is 35.5. The Morgan fingerprint density at radius 3 is 3.06 bits per heavy atom. The molecule has 0 radical (unpaired) electrons. The number of carbonyl (C=O) groups is 1. The van der Waals surface area contributed by atoms with Crippen molar-refractivity contribution in [2.75, 3.05) is 11.9 Å². The number of hydrogen-bond donors (Lipinski definition) is 1. The molecule has 0 saturated carbocycles. The first kappa shape index (κ1) is 11.4. The van der Waals surface area contributed by atoms with Crippen molar-refractivity contribution in [1.29, 1.82) is 0 Å². The third-order valence-electron chi connectivity index (χ3n) is 2.53. The van der Waals surface area contributed by atoms with Crippen LogP contribution in [0.5, 0.6) is 0 Å². The van der Waals surface area contributed by atoms with Crippen molar-refractivity contribution in [3.63, 3.8) is 0 Å². The third-order valence-corrected chi connectivity index (χ3v) is 3.54. The first-order valence-corrected chi connectivity index (χ1v) is 6.54. The number of fused-ring (bicyclic) bond motifs is 1. The first-order chi connectivity index (χ1) is 8.74. The number of amides is 1. The minimum absolute atomic E-state index is 0.0984. The Labute approximate surface area is 112 Å². The summed E-state index contributed by atoms with van der Waals surface area (Å²) in [6.45, 7) is 0.0984. The van der Waals surface area contributed by atoms with Crippen molar-refractivity contribution < 1.29 is 4.79 Å². The molecule has 1 aliphatic rings. The van der Waals surface area contributed by atoms with Crippen LogP contribution in [0.1, 0.15) is 10.6 Å². The van der Waals surface area contributed by atoms with Crippen LogP contribution < -0.4 is 5.32 Å². The number of aromatic nitrogens is 1. The number of anilines is 1. The minimum Gasteiger partial charge on any atom is -0.324 e. The SMILES string of the molecule is O=C1CN=C(c2nccs2)c2cc(Cl)ccc2N1. The van der Waals surface area contributed by atoms with Crippen molar-refractivity contribution in [3.05, 3.63) is 45.4 Å². The molecular formula is C12H8ClN3OS. The highest BCUT2D eigenvalue weighted by Gasteiger charge is 2.19. The van der Waals surface area contributed by atoms with Crippen LogP contribution in [0, 0.1) is 0 Å². The zero-order chi connectivity index (χ0) is 12.5. The standard InChI is InChI=1S/C12H8ClN3OS/c13-7-1-2-9-8(5-7)11(12-14-3-4-18-12)15-6-10(17)16-9/h1-5H,6H2,(H,16,17). The van der Waals surface area contributed by atoms with Gasteiger partial charge in [-0.2, -0.15) is 0 Å². The number of carbonyl (C=O) groups excluding carboxylic acids is 1. The lowest BCUT2D eigenvalue weighted by molar-refractivity contribution is -0.114. The smallest absolute Gasteiger partial charge is 0.246 e. The van der Waals surface area contributed by atoms with Gasteiger partial charge in [-0.05, 0) is 18.2 Å². The van der Waals surface area contributed by atoms with E-state index in [2.05, 4.69) is 15.3 Å². The maximum absolute atomic E-state index is 11.6. The molecule has 4 nitrogen and oxygen atoms in total. The fourth-order valence-corrected chi connectivity index (χ4v) is 2.60. The van der Waals surface area contributed by atoms with Gasteiger partial charge in [0.05, 0.1) is 5.69 Å². The Kier molecular flexibility index (Phi) is 2.85. The zero-order valence-electron chi connectivity index (χ0n) is 9.18. The molecule has 0 saturated heterocycles. The van der Waals surface area contributed by atoms with E-state index in [9.17, 15) is 4.79 Å². The van der Waals surface area contributed by atoms with Gasteiger partial charge in [-0.25, -0.2) is 4.98 Å². The molecular weight excluding hydrogens is 270 g/mol. The summed E-state index contributed by atoms with van der Waals surface area (Å²) < 4.78 is 0. The molecule has 6 heteroatoms. The molecule has 0 unspecified atom stereocenters. The van der Waals surface area contributed by atoms with Gasteiger partial charge < -0.3 is 5.32 Å². The van der Waals surface area contributed by atoms with E-state index < -0.39 is 0 Å². The van der Waals surface area contributed by atoms with Crippen molar-refractivity contribution in [3.8, 4) is 0 Å². The molecule has 0 bridgehead atoms. The van der Waals surface area contributed by atoms with Crippen molar-refractivity contribution in [2.45, 2.75) is 0 Å². The predicted molar refractivity (Wildman–Crippen MR) is 72.7 cm³/mol. The Bertz CT molecular complexity index is 637. The summed E-state index contributed by atoms with van der Waals surface area (Å²) in [6.07, 6.45) is 1.72. The maximum atomic E-state index is 11.6. The van der Waals surface area contributed by atoms with Crippen LogP contribution in [0.2, 0.25) is 5.02 Å². The van der Waals surface area contributed by atoms with Gasteiger partial charge >= 0.3 is 0 Å². The lowest BCUT2D eigenvalue weighted by atomic mass is 10.1. The summed E-state index contributed by atoms with van der Waals surface area (Å²) >= 11 is 7.49. The second-order valence-electron chi connectivity index (χ2n) is 3.74. The Balaban J connectivity index is 2.20. The van der Waals surface area contributed by atoms with Gasteiger partial charge in [-0.15, -0.1) is 11.3 Å². The number of halogens is 1. The summed E-state index contributed by atoms with van der Waals surface area (Å²) in [5, 5.41) is 6.08. The van der Waals surface area contributed by atoms with Crippen LogP contribution in [-0.4, -0.2) is 23.1 Å². The number of rotatable bonds is 1. The van der Waals surface area contributed by atoms with Crippen LogP contribution in [0.3, 0.4) is 0 Å². The van der Waals surface area contributed by atoms with E-state index >= 15 is 0 Å². The van der Waals surface area contributed by atoms with E-state index in [1.54, 1.807) is 24.4 Å². The number of hydrogen-bond acceptors (Lipinski definition) is 4. The second-order valence-corrected chi connectivity index (χ2v) is 5.07. The molecule has 0 fully saturated rings. The van der Waals surface area contributed by atoms with E-state index in [0.29, 0.717) is 10.7 Å². The Morgan fingerprint density at radius 2 is 2.28 bits per heavy atom. The molecule has 0 aliphatic carbocycles. The summed E-state index contributed by atoms with van der Waals surface area (Å²) in [4.78, 5) is 20.1. The summed E-state index contributed by atoms with van der Waals surface area (Å²) in [6, 6.07) is 5.32. The van der Waals surface area contributed by atoms with Gasteiger partial charge in [-0.1, -0.05) is 11.6 Å². The molecule has 0 atom stereocenters. The molecule has 1 aromatic heterocycles. The van der Waals surface area contributed by atoms with Crippen LogP contribution in [0.25, 0.3) is 0 Å². The molecule has 1 amide bonds. The largest absolute Gasteiger partial charge is 0.324 e. The number of nitrogens with one attached hydrogen (secondary N) is 1. The fourth-order valence-electron chi connectivity index (χ4n) is 1.77. The Hall–Kier alpha value is -1.72. The molecule has 2 heterocycles. The van der Waals surface area contributed by atoms with E-state index in [1.165, 1.54) is 11.3 Å². The topological polar surface area (TPSA) is 54.4 Å². The molecule has 1 aromatic carbocycles. The molecule has 18 heavy (non-hydrogen) atoms. The third kappa shape index (κ3) is 2.02. The van der Waals surface area contributed by atoms with Crippen LogP contribution >= 0.6 is 22.9 Å². The van der Waals surface area contributed by atoms with Gasteiger partial charge in [0.2, 0.25) is 5.91 Å². The number of aliphatic imine (C=N–C) groups is 1. The van der Waals surface area contributed by atoms with Gasteiger partial charge in [0.25, 0.3) is 0 Å². The Morgan fingerprint density at radius 1 is 1.39 bits per heavy atom. The first-order valence-electron chi connectivity index (χ1n) is 5.28. The minimum atomic E-state index is -0.134. The highest BCUT2D eigenvalue weighted by Crippen LogP contribution is 2.26. The monoisotopic (exact) mass is 277 g/mol. The maximum Gasteiger partial charge on any atom is 0.246 e. The lowest BCUT2D eigenvalue weighted by Gasteiger charge is -2.08. The normalized spacial score (nSPS) is 14.5. The molecule has 90 valence electrons. The molecule has 1 aliphatic heterocycles. The number of thiazole rings is 1. The number of benzodiazepines with no additional fused rings is 1. The van der Waals surface area contributed by atoms with Crippen LogP contribution in [0.4, 0.5) is 5.69 Å². The molecule has 2 aromatic rings. The van der Waals surface area contributed by atoms with Crippen LogP contribution in [-0.2, 0) is 4.79 Å². The number of nitrogens with zero attached hydrogens (tertiary/aromatic N) is 2.